The second-order valence-corrected chi connectivity index (χ2v) is 0.575. The number of aliphatic carboxylic acids is 2. The molecule has 0 saturated carbocycles. The summed E-state index contributed by atoms with van der Waals surface area (Å²) in [4.78, 5) is 17.9. The zero-order valence-corrected chi connectivity index (χ0v) is 4.01. The minimum Gasteiger partial charge on any atom is -0.543 e. The van der Waals surface area contributed by atoms with Crippen LogP contribution in [0.25, 0.3) is 0 Å². The van der Waals surface area contributed by atoms with Crippen LogP contribution in [0.15, 0.2) is 0 Å². The molecule has 0 N–H and O–H groups in total. The van der Waals surface area contributed by atoms with Crippen molar-refractivity contribution in [3.05, 3.63) is 0 Å². The Hall–Kier alpha value is -0.554. The monoisotopic (exact) mass is 147 g/mol. The molecule has 0 atom stereocenters. The van der Waals surface area contributed by atoms with E-state index in [1.165, 1.54) is 0 Å². The van der Waals surface area contributed by atoms with Crippen molar-refractivity contribution in [3.8, 4) is 0 Å². The summed E-state index contributed by atoms with van der Waals surface area (Å²) < 4.78 is 0. The average Bonchev–Trinajstić information content (AvgIpc) is 1.36. The van der Waals surface area contributed by atoms with E-state index in [4.69, 9.17) is 19.8 Å². The van der Waals surface area contributed by atoms with Gasteiger partial charge in [0, 0.05) is 16.8 Å². The number of carbonyl (C=O) groups is 2. The third-order valence-corrected chi connectivity index (χ3v) is 0.167. The summed E-state index contributed by atoms with van der Waals surface area (Å²) >= 11 is 0. The fourth-order valence-corrected chi connectivity index (χ4v) is 0. The summed E-state index contributed by atoms with van der Waals surface area (Å²) in [6, 6.07) is 0. The molecule has 0 aliphatic carbocycles. The smallest absolute Gasteiger partial charge is 0.0870 e. The van der Waals surface area contributed by atoms with Gasteiger partial charge in [-0.15, -0.1) is 0 Å². The Labute approximate surface area is 49.3 Å². The van der Waals surface area contributed by atoms with E-state index in [9.17, 15) is 0 Å². The molecule has 7 heavy (non-hydrogen) atoms. The molecule has 4 nitrogen and oxygen atoms in total. The Bertz CT molecular complexity index is 75.7. The summed E-state index contributed by atoms with van der Waals surface area (Å²) in [5.41, 5.74) is 0. The maximum atomic E-state index is 8.93. The van der Waals surface area contributed by atoms with E-state index in [2.05, 4.69) is 0 Å². The number of rotatable bonds is 0. The molecule has 0 unspecified atom stereocenters. The first-order valence-electron chi connectivity index (χ1n) is 1.07. The largest absolute Gasteiger partial charge is 0.543 e. The average molecular weight is 147 g/mol. The molecule has 0 aromatic carbocycles. The fraction of sp³-hybridized carbons (Fsp3) is 0. The SMILES string of the molecule is O=C([O-])C(=O)[O-].[Co]. The molecule has 0 saturated heterocycles. The quantitative estimate of drug-likeness (QED) is 0.332. The molecule has 0 heterocycles. The molecule has 0 spiro atoms. The molecule has 0 bridgehead atoms. The predicted octanol–water partition coefficient (Wildman–Crippen LogP) is -3.52. The van der Waals surface area contributed by atoms with Gasteiger partial charge in [0.15, 0.2) is 0 Å². The van der Waals surface area contributed by atoms with Crippen molar-refractivity contribution in [2.75, 3.05) is 0 Å². The second kappa shape index (κ2) is 3.63. The van der Waals surface area contributed by atoms with E-state index >= 15 is 0 Å². The Balaban J connectivity index is 0. The van der Waals surface area contributed by atoms with Crippen LogP contribution in [0.1, 0.15) is 0 Å². The Morgan fingerprint density at radius 2 is 1.14 bits per heavy atom. The molecule has 0 fully saturated rings. The van der Waals surface area contributed by atoms with Gasteiger partial charge in [-0.2, -0.15) is 0 Å². The maximum absolute atomic E-state index is 8.93. The van der Waals surface area contributed by atoms with Crippen LogP contribution in [-0.4, -0.2) is 11.9 Å². The molecule has 0 aliphatic rings. The van der Waals surface area contributed by atoms with Gasteiger partial charge in [0.25, 0.3) is 0 Å². The van der Waals surface area contributed by atoms with E-state index in [0.717, 1.165) is 0 Å². The summed E-state index contributed by atoms with van der Waals surface area (Å²) in [6.07, 6.45) is 0. The molecule has 5 heteroatoms. The van der Waals surface area contributed by atoms with Gasteiger partial charge < -0.3 is 19.8 Å². The van der Waals surface area contributed by atoms with E-state index in [0.29, 0.717) is 0 Å². The molecule has 0 amide bonds. The molecular weight excluding hydrogens is 147 g/mol. The van der Waals surface area contributed by atoms with Crippen molar-refractivity contribution in [1.82, 2.24) is 0 Å². The number of carboxylic acids is 2. The summed E-state index contributed by atoms with van der Waals surface area (Å²) in [7, 11) is 0. The zero-order valence-electron chi connectivity index (χ0n) is 2.97. The molecule has 0 aliphatic heterocycles. The van der Waals surface area contributed by atoms with Gasteiger partial charge in [-0.05, 0) is 0 Å². The molecule has 43 valence electrons. The number of carbonyl (C=O) groups excluding carboxylic acids is 2. The second-order valence-electron chi connectivity index (χ2n) is 0.575. The first-order chi connectivity index (χ1) is 2.64. The Morgan fingerprint density at radius 1 is 1.00 bits per heavy atom. The van der Waals surface area contributed by atoms with Crippen molar-refractivity contribution in [2.45, 2.75) is 0 Å². The first kappa shape index (κ1) is 9.67. The van der Waals surface area contributed by atoms with Gasteiger partial charge in [-0.1, -0.05) is 0 Å². The van der Waals surface area contributed by atoms with Crippen molar-refractivity contribution in [1.29, 1.82) is 0 Å². The van der Waals surface area contributed by atoms with Crippen LogP contribution in [0.5, 0.6) is 0 Å². The van der Waals surface area contributed by atoms with Crippen LogP contribution in [0.4, 0.5) is 0 Å². The normalized spacial score (nSPS) is 6.29. The van der Waals surface area contributed by atoms with E-state index in [-0.39, 0.29) is 16.8 Å². The van der Waals surface area contributed by atoms with Gasteiger partial charge in [0.2, 0.25) is 0 Å². The van der Waals surface area contributed by atoms with Crippen molar-refractivity contribution in [3.63, 3.8) is 0 Å². The third-order valence-electron chi connectivity index (χ3n) is 0.167. The van der Waals surface area contributed by atoms with Crippen LogP contribution in [0.2, 0.25) is 0 Å². The van der Waals surface area contributed by atoms with Crippen LogP contribution >= 0.6 is 0 Å². The van der Waals surface area contributed by atoms with Crippen molar-refractivity contribution >= 4 is 11.9 Å². The van der Waals surface area contributed by atoms with E-state index in [1.54, 1.807) is 0 Å². The number of hydrogen-bond donors (Lipinski definition) is 0. The van der Waals surface area contributed by atoms with Gasteiger partial charge in [0.1, 0.15) is 0 Å². The minimum absolute atomic E-state index is 0. The molecule has 1 radical (unpaired) electrons. The molecular formula is C2CoO4-2. The first-order valence-corrected chi connectivity index (χ1v) is 1.07. The molecule has 0 aromatic rings. The molecule has 0 rings (SSSR count). The topological polar surface area (TPSA) is 80.3 Å². The number of carboxylic acid groups (broad SMARTS) is 2. The fourth-order valence-electron chi connectivity index (χ4n) is 0. The summed E-state index contributed by atoms with van der Waals surface area (Å²) in [5, 5.41) is 17.9. The standard InChI is InChI=1S/C2H2O4.Co/c3-1(4)2(5)6;/h(H,3,4)(H,5,6);/p-2. The van der Waals surface area contributed by atoms with Gasteiger partial charge in [-0.3, -0.25) is 0 Å². The van der Waals surface area contributed by atoms with Gasteiger partial charge >= 0.3 is 0 Å². The Kier molecular flexibility index (Phi) is 5.02. The van der Waals surface area contributed by atoms with Crippen LogP contribution in [0, 0.1) is 0 Å². The van der Waals surface area contributed by atoms with Crippen LogP contribution in [-0.2, 0) is 26.4 Å². The predicted molar refractivity (Wildman–Crippen MR) is 10.0 cm³/mol. The number of hydrogen-bond acceptors (Lipinski definition) is 4. The van der Waals surface area contributed by atoms with Gasteiger partial charge in [-0.25, -0.2) is 0 Å². The zero-order chi connectivity index (χ0) is 5.15. The van der Waals surface area contributed by atoms with E-state index in [1.807, 2.05) is 0 Å². The summed E-state index contributed by atoms with van der Waals surface area (Å²) in [5.74, 6) is -4.37. The third kappa shape index (κ3) is 5.45. The maximum Gasteiger partial charge on any atom is 0.0870 e. The van der Waals surface area contributed by atoms with Crippen LogP contribution < -0.4 is 10.2 Å². The van der Waals surface area contributed by atoms with Crippen molar-refractivity contribution in [2.24, 2.45) is 0 Å². The van der Waals surface area contributed by atoms with Crippen LogP contribution in [0.3, 0.4) is 0 Å². The van der Waals surface area contributed by atoms with E-state index < -0.39 is 11.9 Å². The van der Waals surface area contributed by atoms with Gasteiger partial charge in [0.05, 0.1) is 11.9 Å². The molecule has 0 aromatic heterocycles. The summed E-state index contributed by atoms with van der Waals surface area (Å²) in [6.45, 7) is 0. The minimum atomic E-state index is -2.19. The van der Waals surface area contributed by atoms with Crippen molar-refractivity contribution < 1.29 is 36.6 Å². The Morgan fingerprint density at radius 3 is 1.14 bits per heavy atom.